The van der Waals surface area contributed by atoms with Gasteiger partial charge in [-0.2, -0.15) is 0 Å². The van der Waals surface area contributed by atoms with Crippen molar-refractivity contribution < 1.29 is 23.9 Å². The quantitative estimate of drug-likeness (QED) is 0.598. The number of nitrogens with zero attached hydrogens (tertiary/aromatic N) is 2. The largest absolute Gasteiger partial charge is 0.449 e. The number of rotatable bonds is 4. The third kappa shape index (κ3) is 3.59. The van der Waals surface area contributed by atoms with E-state index in [-0.39, 0.29) is 34.9 Å². The highest BCUT2D eigenvalue weighted by Gasteiger charge is 2.40. The highest BCUT2D eigenvalue weighted by atomic mass is 16.5. The summed E-state index contributed by atoms with van der Waals surface area (Å²) in [4.78, 5) is 52.3. The smallest absolute Gasteiger partial charge is 0.338 e. The first-order valence-electron chi connectivity index (χ1n) is 9.25. The zero-order valence-corrected chi connectivity index (χ0v) is 15.9. The van der Waals surface area contributed by atoms with E-state index in [1.165, 1.54) is 34.9 Å². The van der Waals surface area contributed by atoms with Gasteiger partial charge in [-0.3, -0.25) is 19.3 Å². The SMILES string of the molecule is C[C@@H](OC(=O)c1ccc2c(c1)C(=O)N(C1CCCCC1)C2=O)C(=O)N(C)C. The van der Waals surface area contributed by atoms with Crippen LogP contribution in [0.15, 0.2) is 18.2 Å². The van der Waals surface area contributed by atoms with Gasteiger partial charge in [0.15, 0.2) is 6.10 Å². The molecule has 0 bridgehead atoms. The Morgan fingerprint density at radius 2 is 1.70 bits per heavy atom. The van der Waals surface area contributed by atoms with Crippen molar-refractivity contribution in [1.82, 2.24) is 9.80 Å². The molecular weight excluding hydrogens is 348 g/mol. The molecule has 1 aliphatic carbocycles. The van der Waals surface area contributed by atoms with E-state index >= 15 is 0 Å². The maximum Gasteiger partial charge on any atom is 0.338 e. The van der Waals surface area contributed by atoms with Gasteiger partial charge < -0.3 is 9.64 Å². The highest BCUT2D eigenvalue weighted by Crippen LogP contribution is 2.31. The van der Waals surface area contributed by atoms with Crippen molar-refractivity contribution in [2.24, 2.45) is 0 Å². The molecule has 1 heterocycles. The Kier molecular flexibility index (Phi) is 5.30. The summed E-state index contributed by atoms with van der Waals surface area (Å²) >= 11 is 0. The van der Waals surface area contributed by atoms with Crippen LogP contribution >= 0.6 is 0 Å². The van der Waals surface area contributed by atoms with Crippen LogP contribution in [0.3, 0.4) is 0 Å². The number of carbonyl (C=O) groups excluding carboxylic acids is 4. The summed E-state index contributed by atoms with van der Waals surface area (Å²) in [7, 11) is 3.15. The fourth-order valence-electron chi connectivity index (χ4n) is 3.70. The molecule has 1 saturated carbocycles. The van der Waals surface area contributed by atoms with E-state index in [1.807, 2.05) is 0 Å². The maximum atomic E-state index is 12.8. The lowest BCUT2D eigenvalue weighted by Gasteiger charge is -2.29. The number of carbonyl (C=O) groups is 4. The molecule has 27 heavy (non-hydrogen) atoms. The molecule has 0 unspecified atom stereocenters. The molecule has 0 saturated heterocycles. The zero-order chi connectivity index (χ0) is 19.7. The van der Waals surface area contributed by atoms with E-state index in [0.29, 0.717) is 5.56 Å². The third-order valence-corrected chi connectivity index (χ3v) is 5.17. The van der Waals surface area contributed by atoms with Crippen LogP contribution in [0.4, 0.5) is 0 Å². The molecule has 144 valence electrons. The second-order valence-electron chi connectivity index (χ2n) is 7.31. The van der Waals surface area contributed by atoms with Crippen LogP contribution < -0.4 is 0 Å². The number of hydrogen-bond donors (Lipinski definition) is 0. The van der Waals surface area contributed by atoms with Gasteiger partial charge in [-0.1, -0.05) is 19.3 Å². The molecule has 2 aliphatic rings. The highest BCUT2D eigenvalue weighted by molar-refractivity contribution is 6.22. The van der Waals surface area contributed by atoms with Crippen molar-refractivity contribution in [3.8, 4) is 0 Å². The van der Waals surface area contributed by atoms with Crippen LogP contribution in [0.1, 0.15) is 70.1 Å². The summed E-state index contributed by atoms with van der Waals surface area (Å²) < 4.78 is 5.18. The summed E-state index contributed by atoms with van der Waals surface area (Å²) in [5, 5.41) is 0. The predicted octanol–water partition coefficient (Wildman–Crippen LogP) is 2.25. The molecule has 3 amide bonds. The maximum absolute atomic E-state index is 12.8. The van der Waals surface area contributed by atoms with Crippen molar-refractivity contribution in [2.75, 3.05) is 14.1 Å². The number of ether oxygens (including phenoxy) is 1. The van der Waals surface area contributed by atoms with Crippen LogP contribution in [-0.4, -0.2) is 59.7 Å². The van der Waals surface area contributed by atoms with Gasteiger partial charge in [-0.05, 0) is 38.0 Å². The Balaban J connectivity index is 1.79. The first-order valence-corrected chi connectivity index (χ1v) is 9.25. The van der Waals surface area contributed by atoms with Crippen molar-refractivity contribution in [1.29, 1.82) is 0 Å². The number of hydrogen-bond acceptors (Lipinski definition) is 5. The van der Waals surface area contributed by atoms with Crippen LogP contribution in [0.25, 0.3) is 0 Å². The van der Waals surface area contributed by atoms with Crippen molar-refractivity contribution >= 4 is 23.7 Å². The summed E-state index contributed by atoms with van der Waals surface area (Å²) in [6.07, 6.45) is 3.85. The zero-order valence-electron chi connectivity index (χ0n) is 15.9. The van der Waals surface area contributed by atoms with Gasteiger partial charge in [-0.25, -0.2) is 4.79 Å². The Labute approximate surface area is 158 Å². The molecule has 1 aliphatic heterocycles. The molecule has 1 fully saturated rings. The van der Waals surface area contributed by atoms with Crippen LogP contribution in [0.2, 0.25) is 0 Å². The fraction of sp³-hybridized carbons (Fsp3) is 0.500. The standard InChI is InChI=1S/C20H24N2O5/c1-12(17(23)21(2)3)27-20(26)13-9-10-15-16(11-13)19(25)22(18(15)24)14-7-5-4-6-8-14/h9-12,14H,4-8H2,1-3H3/t12-/m1/s1. The normalized spacial score (nSPS) is 18.3. The molecule has 0 spiro atoms. The minimum Gasteiger partial charge on any atom is -0.449 e. The first kappa shape index (κ1) is 19.1. The van der Waals surface area contributed by atoms with Gasteiger partial charge in [0.2, 0.25) is 0 Å². The summed E-state index contributed by atoms with van der Waals surface area (Å²) in [5.41, 5.74) is 0.699. The monoisotopic (exact) mass is 372 g/mol. The second-order valence-corrected chi connectivity index (χ2v) is 7.31. The first-order chi connectivity index (χ1) is 12.8. The Hall–Kier alpha value is -2.70. The molecule has 1 aromatic carbocycles. The van der Waals surface area contributed by atoms with Gasteiger partial charge in [0, 0.05) is 20.1 Å². The Bertz CT molecular complexity index is 796. The minimum absolute atomic E-state index is 0.0701. The van der Waals surface area contributed by atoms with E-state index in [4.69, 9.17) is 4.74 Å². The number of fused-ring (bicyclic) bond motifs is 1. The van der Waals surface area contributed by atoms with Gasteiger partial charge in [0.25, 0.3) is 17.7 Å². The van der Waals surface area contributed by atoms with Crippen LogP contribution in [0, 0.1) is 0 Å². The molecule has 7 nitrogen and oxygen atoms in total. The lowest BCUT2D eigenvalue weighted by Crippen LogP contribution is -2.40. The topological polar surface area (TPSA) is 84.0 Å². The number of benzene rings is 1. The van der Waals surface area contributed by atoms with E-state index in [2.05, 4.69) is 0 Å². The second kappa shape index (κ2) is 7.50. The molecular formula is C20H24N2O5. The predicted molar refractivity (Wildman–Crippen MR) is 97.4 cm³/mol. The lowest BCUT2D eigenvalue weighted by molar-refractivity contribution is -0.137. The summed E-state index contributed by atoms with van der Waals surface area (Å²) in [6, 6.07) is 4.28. The van der Waals surface area contributed by atoms with Gasteiger partial charge in [0.05, 0.1) is 16.7 Å². The lowest BCUT2D eigenvalue weighted by atomic mass is 9.94. The molecule has 1 atom stereocenters. The molecule has 7 heteroatoms. The van der Waals surface area contributed by atoms with Gasteiger partial charge >= 0.3 is 5.97 Å². The number of amides is 3. The van der Waals surface area contributed by atoms with Gasteiger partial charge in [0.1, 0.15) is 0 Å². The van der Waals surface area contributed by atoms with E-state index in [0.717, 1.165) is 32.1 Å². The van der Waals surface area contributed by atoms with E-state index in [9.17, 15) is 19.2 Å². The fourth-order valence-corrected chi connectivity index (χ4v) is 3.70. The average molecular weight is 372 g/mol. The van der Waals surface area contributed by atoms with Crippen LogP contribution in [-0.2, 0) is 9.53 Å². The van der Waals surface area contributed by atoms with Gasteiger partial charge in [-0.15, -0.1) is 0 Å². The molecule has 0 aromatic heterocycles. The summed E-state index contributed by atoms with van der Waals surface area (Å²) in [5.74, 6) is -1.68. The third-order valence-electron chi connectivity index (χ3n) is 5.17. The number of esters is 1. The Morgan fingerprint density at radius 3 is 2.33 bits per heavy atom. The molecule has 3 rings (SSSR count). The average Bonchev–Trinajstić information content (AvgIpc) is 2.91. The number of imide groups is 1. The molecule has 0 radical (unpaired) electrons. The minimum atomic E-state index is -0.933. The summed E-state index contributed by atoms with van der Waals surface area (Å²) in [6.45, 7) is 1.49. The molecule has 0 N–H and O–H groups in total. The van der Waals surface area contributed by atoms with E-state index < -0.39 is 12.1 Å². The van der Waals surface area contributed by atoms with E-state index in [1.54, 1.807) is 14.1 Å². The number of likely N-dealkylation sites (N-methyl/N-ethyl adjacent to an activating group) is 1. The Morgan fingerprint density at radius 1 is 1.07 bits per heavy atom. The molecule has 1 aromatic rings. The van der Waals surface area contributed by atoms with Crippen molar-refractivity contribution in [3.63, 3.8) is 0 Å². The van der Waals surface area contributed by atoms with Crippen molar-refractivity contribution in [2.45, 2.75) is 51.2 Å². The van der Waals surface area contributed by atoms with Crippen LogP contribution in [0.5, 0.6) is 0 Å². The van der Waals surface area contributed by atoms with Crippen molar-refractivity contribution in [3.05, 3.63) is 34.9 Å².